The molecule has 1 aromatic rings. The van der Waals surface area contributed by atoms with Crippen molar-refractivity contribution in [3.05, 3.63) is 29.8 Å². The van der Waals surface area contributed by atoms with Crippen LogP contribution >= 0.6 is 11.8 Å². The van der Waals surface area contributed by atoms with Gasteiger partial charge in [0, 0.05) is 25.2 Å². The summed E-state index contributed by atoms with van der Waals surface area (Å²) < 4.78 is 0. The summed E-state index contributed by atoms with van der Waals surface area (Å²) in [4.78, 5) is 30.4. The number of aryl methyl sites for hydroxylation is 1. The lowest BCUT2D eigenvalue weighted by atomic mass is 10.2. The Morgan fingerprint density at radius 1 is 1.41 bits per heavy atom. The maximum Gasteiger partial charge on any atom is 0.242 e. The summed E-state index contributed by atoms with van der Waals surface area (Å²) in [5.41, 5.74) is 1.84. The van der Waals surface area contributed by atoms with Gasteiger partial charge in [-0.2, -0.15) is 0 Å². The van der Waals surface area contributed by atoms with Crippen LogP contribution in [0.4, 0.5) is 5.69 Å². The molecular weight excluding hydrogens is 298 g/mol. The van der Waals surface area contributed by atoms with Gasteiger partial charge in [0.2, 0.25) is 11.8 Å². The summed E-state index contributed by atoms with van der Waals surface area (Å²) in [7, 11) is 0. The van der Waals surface area contributed by atoms with Crippen LogP contribution in [0, 0.1) is 6.92 Å². The van der Waals surface area contributed by atoms with Gasteiger partial charge in [0.1, 0.15) is 5.25 Å². The van der Waals surface area contributed by atoms with E-state index in [0.717, 1.165) is 16.4 Å². The normalized spacial score (nSPS) is 19.8. The minimum atomic E-state index is -0.380. The molecule has 1 aliphatic rings. The predicted octanol–water partition coefficient (Wildman–Crippen LogP) is 2.66. The van der Waals surface area contributed by atoms with Gasteiger partial charge in [-0.15, -0.1) is 0 Å². The molecule has 22 heavy (non-hydrogen) atoms. The van der Waals surface area contributed by atoms with E-state index in [-0.39, 0.29) is 23.5 Å². The van der Waals surface area contributed by atoms with Gasteiger partial charge in [-0.1, -0.05) is 23.9 Å². The molecule has 0 aromatic heterocycles. The van der Waals surface area contributed by atoms with Gasteiger partial charge in [0.25, 0.3) is 0 Å². The average molecular weight is 319 g/mol. The van der Waals surface area contributed by atoms with Gasteiger partial charge in [-0.05, 0) is 38.5 Å². The van der Waals surface area contributed by atoms with Crippen molar-refractivity contribution < 1.29 is 9.59 Å². The molecule has 0 unspecified atom stereocenters. The van der Waals surface area contributed by atoms with E-state index >= 15 is 0 Å². The zero-order chi connectivity index (χ0) is 16.1. The highest BCUT2D eigenvalue weighted by Gasteiger charge is 2.37. The Kier molecular flexibility index (Phi) is 5.60. The molecule has 0 bridgehead atoms. The average Bonchev–Trinajstić information content (AvgIpc) is 2.75. The number of nitrogens with one attached hydrogen (secondary N) is 1. The number of rotatable bonds is 5. The minimum Gasteiger partial charge on any atom is -0.326 e. The lowest BCUT2D eigenvalue weighted by molar-refractivity contribution is -0.128. The summed E-state index contributed by atoms with van der Waals surface area (Å²) in [5, 5.41) is 3.19. The summed E-state index contributed by atoms with van der Waals surface area (Å²) in [6.07, 6.45) is 0.163. The number of hydrogen-bond acceptors (Lipinski definition) is 4. The summed E-state index contributed by atoms with van der Waals surface area (Å²) in [6.45, 7) is 7.04. The van der Waals surface area contributed by atoms with Crippen LogP contribution < -0.4 is 5.32 Å². The van der Waals surface area contributed by atoms with Crippen LogP contribution in [0.5, 0.6) is 0 Å². The van der Waals surface area contributed by atoms with Crippen molar-refractivity contribution in [3.63, 3.8) is 0 Å². The first-order valence-electron chi connectivity index (χ1n) is 7.44. The molecule has 6 heteroatoms. The van der Waals surface area contributed by atoms with Gasteiger partial charge in [-0.3, -0.25) is 19.5 Å². The van der Waals surface area contributed by atoms with Gasteiger partial charge in [0.15, 0.2) is 5.17 Å². The Labute approximate surface area is 135 Å². The smallest absolute Gasteiger partial charge is 0.242 e. The van der Waals surface area contributed by atoms with Crippen molar-refractivity contribution in [2.24, 2.45) is 4.99 Å². The fraction of sp³-hybridized carbons (Fsp3) is 0.438. The highest BCUT2D eigenvalue weighted by Crippen LogP contribution is 2.29. The number of carbonyl (C=O) groups excluding carboxylic acids is 2. The second-order valence-electron chi connectivity index (χ2n) is 5.07. The van der Waals surface area contributed by atoms with E-state index in [0.29, 0.717) is 13.1 Å². The fourth-order valence-electron chi connectivity index (χ4n) is 2.29. The predicted molar refractivity (Wildman–Crippen MR) is 91.2 cm³/mol. The third kappa shape index (κ3) is 3.88. The van der Waals surface area contributed by atoms with Crippen molar-refractivity contribution >= 4 is 34.4 Å². The van der Waals surface area contributed by atoms with E-state index in [4.69, 9.17) is 0 Å². The fourth-order valence-corrected chi connectivity index (χ4v) is 3.56. The molecule has 1 heterocycles. The molecule has 0 aliphatic carbocycles. The van der Waals surface area contributed by atoms with E-state index in [1.54, 1.807) is 4.90 Å². The van der Waals surface area contributed by atoms with E-state index in [1.807, 2.05) is 45.0 Å². The van der Waals surface area contributed by atoms with Gasteiger partial charge in [-0.25, -0.2) is 0 Å². The van der Waals surface area contributed by atoms with Gasteiger partial charge >= 0.3 is 0 Å². The van der Waals surface area contributed by atoms with E-state index in [9.17, 15) is 9.59 Å². The van der Waals surface area contributed by atoms with Crippen molar-refractivity contribution in [3.8, 4) is 0 Å². The first kappa shape index (κ1) is 16.5. The monoisotopic (exact) mass is 319 g/mol. The topological polar surface area (TPSA) is 61.8 Å². The Balaban J connectivity index is 2.00. The Morgan fingerprint density at radius 3 is 2.82 bits per heavy atom. The zero-order valence-corrected chi connectivity index (χ0v) is 13.9. The molecule has 0 saturated carbocycles. The number of amides is 2. The number of anilines is 1. The van der Waals surface area contributed by atoms with Crippen molar-refractivity contribution in [2.45, 2.75) is 32.4 Å². The van der Waals surface area contributed by atoms with Crippen molar-refractivity contribution in [2.75, 3.05) is 18.4 Å². The molecule has 1 aliphatic heterocycles. The maximum absolute atomic E-state index is 12.3. The summed E-state index contributed by atoms with van der Waals surface area (Å²) in [5.74, 6) is -0.177. The second-order valence-corrected chi connectivity index (χ2v) is 6.24. The maximum atomic E-state index is 12.3. The number of nitrogens with zero attached hydrogens (tertiary/aromatic N) is 2. The molecule has 0 spiro atoms. The number of aliphatic imine (C=N–C) groups is 1. The van der Waals surface area contributed by atoms with Crippen LogP contribution in [0.15, 0.2) is 29.3 Å². The minimum absolute atomic E-state index is 0.0286. The van der Waals surface area contributed by atoms with Gasteiger partial charge in [0.05, 0.1) is 0 Å². The van der Waals surface area contributed by atoms with Crippen molar-refractivity contribution in [1.82, 2.24) is 4.90 Å². The quantitative estimate of drug-likeness (QED) is 0.907. The Morgan fingerprint density at radius 2 is 2.18 bits per heavy atom. The molecule has 1 atom stereocenters. The molecule has 1 aromatic carbocycles. The van der Waals surface area contributed by atoms with E-state index in [2.05, 4.69) is 10.3 Å². The summed E-state index contributed by atoms with van der Waals surface area (Å²) >= 11 is 1.38. The highest BCUT2D eigenvalue weighted by molar-refractivity contribution is 8.15. The lowest BCUT2D eigenvalue weighted by Crippen LogP contribution is -2.33. The van der Waals surface area contributed by atoms with Gasteiger partial charge < -0.3 is 5.32 Å². The molecule has 1 saturated heterocycles. The van der Waals surface area contributed by atoms with Crippen LogP contribution in [-0.4, -0.2) is 40.2 Å². The van der Waals surface area contributed by atoms with Crippen LogP contribution in [-0.2, 0) is 9.59 Å². The van der Waals surface area contributed by atoms with Crippen molar-refractivity contribution in [1.29, 1.82) is 0 Å². The molecule has 1 fully saturated rings. The number of amidine groups is 1. The Bertz CT molecular complexity index is 601. The molecular formula is C16H21N3O2S. The zero-order valence-electron chi connectivity index (χ0n) is 13.1. The third-order valence-corrected chi connectivity index (χ3v) is 4.52. The Hall–Kier alpha value is -1.82. The van der Waals surface area contributed by atoms with Crippen LogP contribution in [0.1, 0.15) is 25.8 Å². The number of carbonyl (C=O) groups is 2. The SMILES string of the molecule is CCN=C1S[C@H](CC(=O)Nc2cccc(C)c2)C(=O)N1CC. The standard InChI is InChI=1S/C16H21N3O2S/c1-4-17-16-19(5-2)15(21)13(22-16)10-14(20)18-12-8-6-7-11(3)9-12/h6-9,13H,4-5,10H2,1-3H3,(H,18,20)/t13-/m1/s1. The molecule has 2 rings (SSSR count). The number of thioether (sulfide) groups is 1. The van der Waals surface area contributed by atoms with Crippen LogP contribution in [0.3, 0.4) is 0 Å². The first-order valence-corrected chi connectivity index (χ1v) is 8.32. The number of hydrogen-bond donors (Lipinski definition) is 1. The van der Waals surface area contributed by atoms with E-state index in [1.165, 1.54) is 11.8 Å². The van der Waals surface area contributed by atoms with Crippen LogP contribution in [0.25, 0.3) is 0 Å². The third-order valence-electron chi connectivity index (χ3n) is 3.30. The summed E-state index contributed by atoms with van der Waals surface area (Å²) in [6, 6.07) is 7.62. The largest absolute Gasteiger partial charge is 0.326 e. The molecule has 118 valence electrons. The molecule has 5 nitrogen and oxygen atoms in total. The van der Waals surface area contributed by atoms with E-state index < -0.39 is 0 Å². The molecule has 2 amide bonds. The molecule has 0 radical (unpaired) electrons. The first-order chi connectivity index (χ1) is 10.5. The highest BCUT2D eigenvalue weighted by atomic mass is 32.2. The lowest BCUT2D eigenvalue weighted by Gasteiger charge is -2.13. The second kappa shape index (κ2) is 7.45. The molecule has 1 N–H and O–H groups in total. The van der Waals surface area contributed by atoms with Crippen LogP contribution in [0.2, 0.25) is 0 Å². The number of benzene rings is 1.